The highest BCUT2D eigenvalue weighted by Crippen LogP contribution is 2.20. The summed E-state index contributed by atoms with van der Waals surface area (Å²) in [6.45, 7) is 3.89. The first-order valence-corrected chi connectivity index (χ1v) is 7.40. The maximum absolute atomic E-state index is 13.4. The van der Waals surface area contributed by atoms with Crippen molar-refractivity contribution >= 4 is 23.9 Å². The number of rotatable bonds is 5. The molecular formula is C15H16FN3OS. The standard InChI is InChI=1S/C15H16FN3OS/c1-10-7-12(11(2)18-10)8-17-19-15(20)9-21-14-6-4-3-5-13(14)16/h3-8,18H,9H2,1-2H3,(H,19,20)/b17-8+. The number of amides is 1. The molecule has 2 N–H and O–H groups in total. The molecule has 2 rings (SSSR count). The van der Waals surface area contributed by atoms with Gasteiger partial charge in [-0.25, -0.2) is 9.82 Å². The summed E-state index contributed by atoms with van der Waals surface area (Å²) in [6, 6.07) is 8.31. The summed E-state index contributed by atoms with van der Waals surface area (Å²) < 4.78 is 13.4. The predicted octanol–water partition coefficient (Wildman–Crippen LogP) is 3.01. The molecule has 0 saturated heterocycles. The average molecular weight is 305 g/mol. The summed E-state index contributed by atoms with van der Waals surface area (Å²) in [5.41, 5.74) is 5.39. The molecule has 1 aromatic carbocycles. The van der Waals surface area contributed by atoms with E-state index in [1.165, 1.54) is 6.07 Å². The Bertz CT molecular complexity index is 667. The molecule has 0 aliphatic heterocycles. The van der Waals surface area contributed by atoms with Crippen molar-refractivity contribution in [1.82, 2.24) is 10.4 Å². The van der Waals surface area contributed by atoms with Gasteiger partial charge in [0, 0.05) is 21.8 Å². The molecule has 0 fully saturated rings. The molecule has 0 atom stereocenters. The minimum absolute atomic E-state index is 0.115. The van der Waals surface area contributed by atoms with Crippen molar-refractivity contribution in [3.8, 4) is 0 Å². The highest BCUT2D eigenvalue weighted by Gasteiger charge is 2.05. The normalized spacial score (nSPS) is 11.0. The highest BCUT2D eigenvalue weighted by molar-refractivity contribution is 8.00. The van der Waals surface area contributed by atoms with Crippen molar-refractivity contribution in [2.75, 3.05) is 5.75 Å². The molecule has 4 nitrogen and oxygen atoms in total. The third-order valence-corrected chi connectivity index (χ3v) is 3.83. The number of nitrogens with one attached hydrogen (secondary N) is 2. The van der Waals surface area contributed by atoms with Crippen molar-refractivity contribution in [1.29, 1.82) is 0 Å². The Morgan fingerprint density at radius 3 is 2.86 bits per heavy atom. The van der Waals surface area contributed by atoms with Crippen LogP contribution in [0.5, 0.6) is 0 Å². The number of hydrogen-bond acceptors (Lipinski definition) is 3. The second kappa shape index (κ2) is 7.08. The molecule has 1 heterocycles. The van der Waals surface area contributed by atoms with Gasteiger partial charge in [0.05, 0.1) is 12.0 Å². The summed E-state index contributed by atoms with van der Waals surface area (Å²) >= 11 is 1.14. The summed E-state index contributed by atoms with van der Waals surface area (Å²) in [5.74, 6) is -0.481. The van der Waals surface area contributed by atoms with Gasteiger partial charge >= 0.3 is 0 Å². The maximum atomic E-state index is 13.4. The largest absolute Gasteiger partial charge is 0.362 e. The first-order chi connectivity index (χ1) is 10.1. The molecule has 6 heteroatoms. The van der Waals surface area contributed by atoms with Gasteiger partial charge in [-0.2, -0.15) is 5.10 Å². The molecule has 110 valence electrons. The molecule has 2 aromatic rings. The summed E-state index contributed by atoms with van der Waals surface area (Å²) in [6.07, 6.45) is 1.59. The smallest absolute Gasteiger partial charge is 0.250 e. The zero-order valence-corrected chi connectivity index (χ0v) is 12.6. The molecule has 1 aromatic heterocycles. The highest BCUT2D eigenvalue weighted by atomic mass is 32.2. The van der Waals surface area contributed by atoms with Gasteiger partial charge in [-0.1, -0.05) is 12.1 Å². The minimum atomic E-state index is -0.322. The van der Waals surface area contributed by atoms with Crippen molar-refractivity contribution < 1.29 is 9.18 Å². The molecule has 0 unspecified atom stereocenters. The number of aromatic nitrogens is 1. The summed E-state index contributed by atoms with van der Waals surface area (Å²) in [7, 11) is 0. The van der Waals surface area contributed by atoms with Crippen LogP contribution in [-0.4, -0.2) is 22.9 Å². The third kappa shape index (κ3) is 4.46. The number of hydrazone groups is 1. The van der Waals surface area contributed by atoms with Gasteiger partial charge in [0.1, 0.15) is 5.82 Å². The first kappa shape index (κ1) is 15.3. The molecule has 0 aliphatic carbocycles. The van der Waals surface area contributed by atoms with Crippen LogP contribution in [0.1, 0.15) is 17.0 Å². The SMILES string of the molecule is Cc1cc(/C=N/NC(=O)CSc2ccccc2F)c(C)[nH]1. The monoisotopic (exact) mass is 305 g/mol. The van der Waals surface area contributed by atoms with E-state index in [2.05, 4.69) is 15.5 Å². The van der Waals surface area contributed by atoms with Crippen LogP contribution in [0.15, 0.2) is 40.3 Å². The average Bonchev–Trinajstić information content (AvgIpc) is 2.76. The number of aromatic amines is 1. The second-order valence-electron chi connectivity index (χ2n) is 4.54. The van der Waals surface area contributed by atoms with E-state index >= 15 is 0 Å². The van der Waals surface area contributed by atoms with E-state index in [0.29, 0.717) is 4.90 Å². The number of aryl methyl sites for hydroxylation is 2. The van der Waals surface area contributed by atoms with Crippen LogP contribution in [-0.2, 0) is 4.79 Å². The van der Waals surface area contributed by atoms with Crippen LogP contribution in [0.25, 0.3) is 0 Å². The zero-order chi connectivity index (χ0) is 15.2. The van der Waals surface area contributed by atoms with Crippen LogP contribution in [0.3, 0.4) is 0 Å². The number of benzene rings is 1. The van der Waals surface area contributed by atoms with E-state index in [4.69, 9.17) is 0 Å². The molecule has 21 heavy (non-hydrogen) atoms. The van der Waals surface area contributed by atoms with Gasteiger partial charge < -0.3 is 4.98 Å². The van der Waals surface area contributed by atoms with Crippen molar-refractivity contribution in [3.05, 3.63) is 53.1 Å². The number of thioether (sulfide) groups is 1. The molecule has 1 amide bonds. The molecular weight excluding hydrogens is 289 g/mol. The number of halogens is 1. The van der Waals surface area contributed by atoms with Gasteiger partial charge in [0.15, 0.2) is 0 Å². The molecule has 0 bridgehead atoms. The summed E-state index contributed by atoms with van der Waals surface area (Å²) in [5, 5.41) is 3.90. The number of carbonyl (C=O) groups is 1. The Hall–Kier alpha value is -2.08. The Labute approximate surface area is 126 Å². The van der Waals surface area contributed by atoms with E-state index in [9.17, 15) is 9.18 Å². The first-order valence-electron chi connectivity index (χ1n) is 6.41. The fourth-order valence-electron chi connectivity index (χ4n) is 1.79. The minimum Gasteiger partial charge on any atom is -0.362 e. The molecule has 0 radical (unpaired) electrons. The van der Waals surface area contributed by atoms with E-state index in [0.717, 1.165) is 28.7 Å². The number of H-pyrrole nitrogens is 1. The van der Waals surface area contributed by atoms with Gasteiger partial charge in [-0.3, -0.25) is 4.79 Å². The number of carbonyl (C=O) groups excluding carboxylic acids is 1. The van der Waals surface area contributed by atoms with Crippen LogP contribution >= 0.6 is 11.8 Å². The quantitative estimate of drug-likeness (QED) is 0.507. The van der Waals surface area contributed by atoms with Gasteiger partial charge in [-0.15, -0.1) is 11.8 Å². The van der Waals surface area contributed by atoms with Crippen LogP contribution in [0, 0.1) is 19.7 Å². The van der Waals surface area contributed by atoms with E-state index < -0.39 is 0 Å². The van der Waals surface area contributed by atoms with Crippen molar-refractivity contribution in [2.45, 2.75) is 18.7 Å². The van der Waals surface area contributed by atoms with Gasteiger partial charge in [0.25, 0.3) is 0 Å². The maximum Gasteiger partial charge on any atom is 0.250 e. The van der Waals surface area contributed by atoms with Crippen molar-refractivity contribution in [2.24, 2.45) is 5.10 Å². The number of hydrogen-bond donors (Lipinski definition) is 2. The van der Waals surface area contributed by atoms with E-state index in [1.807, 2.05) is 19.9 Å². The lowest BCUT2D eigenvalue weighted by molar-refractivity contribution is -0.118. The summed E-state index contributed by atoms with van der Waals surface area (Å²) in [4.78, 5) is 15.2. The van der Waals surface area contributed by atoms with Crippen molar-refractivity contribution in [3.63, 3.8) is 0 Å². The second-order valence-corrected chi connectivity index (χ2v) is 5.56. The van der Waals surface area contributed by atoms with Crippen LogP contribution < -0.4 is 5.43 Å². The van der Waals surface area contributed by atoms with E-state index in [-0.39, 0.29) is 17.5 Å². The molecule has 0 spiro atoms. The van der Waals surface area contributed by atoms with Crippen LogP contribution in [0.2, 0.25) is 0 Å². The van der Waals surface area contributed by atoms with E-state index in [1.54, 1.807) is 24.4 Å². The topological polar surface area (TPSA) is 57.2 Å². The van der Waals surface area contributed by atoms with Crippen LogP contribution in [0.4, 0.5) is 4.39 Å². The van der Waals surface area contributed by atoms with Gasteiger partial charge in [-0.05, 0) is 32.0 Å². The predicted molar refractivity (Wildman–Crippen MR) is 83.1 cm³/mol. The Morgan fingerprint density at radius 1 is 1.43 bits per heavy atom. The van der Waals surface area contributed by atoms with Gasteiger partial charge in [0.2, 0.25) is 5.91 Å². The molecule has 0 saturated carbocycles. The lowest BCUT2D eigenvalue weighted by atomic mass is 10.3. The zero-order valence-electron chi connectivity index (χ0n) is 11.8. The Kier molecular flexibility index (Phi) is 5.16. The fraction of sp³-hybridized carbons (Fsp3) is 0.200. The molecule has 0 aliphatic rings. The lowest BCUT2D eigenvalue weighted by Crippen LogP contribution is -2.19. The third-order valence-electron chi connectivity index (χ3n) is 2.78. The lowest BCUT2D eigenvalue weighted by Gasteiger charge is -2.01. The number of nitrogens with zero attached hydrogens (tertiary/aromatic N) is 1. The Morgan fingerprint density at radius 2 is 2.19 bits per heavy atom. The fourth-order valence-corrected chi connectivity index (χ4v) is 2.52. The Balaban J connectivity index is 1.83.